The lowest BCUT2D eigenvalue weighted by Gasteiger charge is -2.30. The quantitative estimate of drug-likeness (QED) is 0.162. The largest absolute Gasteiger partial charge is 0.423 e. The summed E-state index contributed by atoms with van der Waals surface area (Å²) in [5.74, 6) is 0. The van der Waals surface area contributed by atoms with Crippen LogP contribution in [-0.4, -0.2) is 35.5 Å². The van der Waals surface area contributed by atoms with Gasteiger partial charge in [-0.3, -0.25) is 20.2 Å². The van der Waals surface area contributed by atoms with Gasteiger partial charge >= 0.3 is 6.18 Å². The van der Waals surface area contributed by atoms with E-state index in [1.54, 1.807) is 30.9 Å². The van der Waals surface area contributed by atoms with Gasteiger partial charge in [0.05, 0.1) is 9.85 Å². The molecule has 39 heavy (non-hydrogen) atoms. The molecule has 0 saturated carbocycles. The van der Waals surface area contributed by atoms with E-state index in [-0.39, 0.29) is 16.9 Å². The van der Waals surface area contributed by atoms with Gasteiger partial charge in [0.2, 0.25) is 0 Å². The second-order valence-electron chi connectivity index (χ2n) is 8.95. The summed E-state index contributed by atoms with van der Waals surface area (Å²) in [6.07, 6.45) is -2.79. The molecule has 0 amide bonds. The van der Waals surface area contributed by atoms with E-state index in [0.29, 0.717) is 19.1 Å². The zero-order valence-corrected chi connectivity index (χ0v) is 22.8. The number of halogens is 3. The zero-order chi connectivity index (χ0) is 29.9. The Morgan fingerprint density at radius 1 is 1.05 bits per heavy atom. The molecule has 0 aliphatic carbocycles. The molecule has 12 heteroatoms. The van der Waals surface area contributed by atoms with Crippen molar-refractivity contribution < 1.29 is 23.0 Å². The standard InChI is InChI=1S/C14H19N3O2.C13H15F3N2O2/c1-4-8-16(11(3)5-2)13-6-7-14(17(18)19)12(9-13)10-15;1-4-17(8-9(2)3)10-5-6-12(18(19)20)11(7-10)13(14,15)16/h6-7,9,11H,4-5,8H2,1-3H3;5-7H,2,4,8H2,1,3H3. The van der Waals surface area contributed by atoms with Crippen LogP contribution in [0.5, 0.6) is 0 Å². The predicted molar refractivity (Wildman–Crippen MR) is 146 cm³/mol. The van der Waals surface area contributed by atoms with Crippen LogP contribution in [0, 0.1) is 31.6 Å². The van der Waals surface area contributed by atoms with Crippen molar-refractivity contribution in [2.45, 2.75) is 59.7 Å². The molecule has 1 atom stereocenters. The van der Waals surface area contributed by atoms with Crippen molar-refractivity contribution in [1.82, 2.24) is 0 Å². The smallest absolute Gasteiger partial charge is 0.369 e. The zero-order valence-electron chi connectivity index (χ0n) is 22.8. The molecule has 2 aromatic rings. The van der Waals surface area contributed by atoms with Crippen molar-refractivity contribution in [3.05, 3.63) is 79.9 Å². The van der Waals surface area contributed by atoms with Gasteiger partial charge < -0.3 is 9.80 Å². The monoisotopic (exact) mass is 549 g/mol. The van der Waals surface area contributed by atoms with Crippen molar-refractivity contribution in [3.8, 4) is 6.07 Å². The fraction of sp³-hybridized carbons (Fsp3) is 0.444. The van der Waals surface area contributed by atoms with Gasteiger partial charge in [-0.05, 0) is 57.9 Å². The number of benzene rings is 2. The summed E-state index contributed by atoms with van der Waals surface area (Å²) in [6, 6.07) is 10.0. The lowest BCUT2D eigenvalue weighted by atomic mass is 10.1. The molecule has 9 nitrogen and oxygen atoms in total. The summed E-state index contributed by atoms with van der Waals surface area (Å²) < 4.78 is 38.6. The minimum absolute atomic E-state index is 0.118. The summed E-state index contributed by atoms with van der Waals surface area (Å²) in [5, 5.41) is 30.5. The predicted octanol–water partition coefficient (Wildman–Crippen LogP) is 7.50. The molecule has 0 heterocycles. The van der Waals surface area contributed by atoms with Crippen molar-refractivity contribution in [2.24, 2.45) is 0 Å². The molecule has 0 spiro atoms. The molecule has 0 aliphatic rings. The van der Waals surface area contributed by atoms with E-state index in [0.717, 1.165) is 42.8 Å². The molecule has 212 valence electrons. The maximum atomic E-state index is 12.9. The van der Waals surface area contributed by atoms with Crippen molar-refractivity contribution >= 4 is 22.7 Å². The van der Waals surface area contributed by atoms with Gasteiger partial charge in [0, 0.05) is 49.2 Å². The van der Waals surface area contributed by atoms with E-state index in [1.165, 1.54) is 12.1 Å². The summed E-state index contributed by atoms with van der Waals surface area (Å²) in [6.45, 7) is 15.3. The summed E-state index contributed by atoms with van der Waals surface area (Å²) in [4.78, 5) is 23.8. The third-order valence-corrected chi connectivity index (χ3v) is 5.91. The molecule has 0 aromatic heterocycles. The molecular formula is C27H34F3N5O4. The van der Waals surface area contributed by atoms with Crippen LogP contribution < -0.4 is 9.80 Å². The Bertz CT molecular complexity index is 1210. The van der Waals surface area contributed by atoms with Crippen LogP contribution in [0.4, 0.5) is 35.9 Å². The van der Waals surface area contributed by atoms with Crippen LogP contribution in [0.15, 0.2) is 48.6 Å². The first kappa shape index (κ1) is 32.9. The number of nitro benzene ring substituents is 2. The first-order valence-electron chi connectivity index (χ1n) is 12.4. The Morgan fingerprint density at radius 2 is 1.62 bits per heavy atom. The molecule has 0 N–H and O–H groups in total. The lowest BCUT2D eigenvalue weighted by molar-refractivity contribution is -0.388. The molecule has 2 rings (SSSR count). The molecule has 0 aliphatic heterocycles. The van der Waals surface area contributed by atoms with Gasteiger partial charge in [0.15, 0.2) is 0 Å². The number of likely N-dealkylation sites (N-methyl/N-ethyl adjacent to an activating group) is 1. The number of alkyl halides is 3. The Kier molecular flexibility index (Phi) is 12.4. The third-order valence-electron chi connectivity index (χ3n) is 5.91. The van der Waals surface area contributed by atoms with Crippen LogP contribution >= 0.6 is 0 Å². The molecule has 0 saturated heterocycles. The Morgan fingerprint density at radius 3 is 2.05 bits per heavy atom. The SMILES string of the molecule is C=C(C)CN(CC)c1ccc([N+](=O)[O-])c(C(F)(F)F)c1.CCCN(c1ccc([N+](=O)[O-])c(C#N)c1)C(C)CC. The molecule has 1 unspecified atom stereocenters. The topological polar surface area (TPSA) is 117 Å². The van der Waals surface area contributed by atoms with Crippen LogP contribution in [-0.2, 0) is 6.18 Å². The second kappa shape index (κ2) is 14.7. The maximum absolute atomic E-state index is 12.9. The van der Waals surface area contributed by atoms with Gasteiger partial charge in [-0.2, -0.15) is 18.4 Å². The number of nitro groups is 2. The molecule has 0 bridgehead atoms. The van der Waals surface area contributed by atoms with Crippen LogP contribution in [0.2, 0.25) is 0 Å². The number of hydrogen-bond donors (Lipinski definition) is 0. The minimum atomic E-state index is -4.76. The van der Waals surface area contributed by atoms with Crippen LogP contribution in [0.25, 0.3) is 0 Å². The maximum Gasteiger partial charge on any atom is 0.423 e. The number of anilines is 2. The first-order chi connectivity index (χ1) is 18.2. The van der Waals surface area contributed by atoms with Gasteiger partial charge in [-0.1, -0.05) is 26.0 Å². The lowest BCUT2D eigenvalue weighted by Crippen LogP contribution is -2.33. The van der Waals surface area contributed by atoms with Gasteiger partial charge in [0.1, 0.15) is 17.2 Å². The van der Waals surface area contributed by atoms with Crippen molar-refractivity contribution in [1.29, 1.82) is 5.26 Å². The highest BCUT2D eigenvalue weighted by Gasteiger charge is 2.38. The normalized spacial score (nSPS) is 11.5. The Balaban J connectivity index is 0.000000391. The average Bonchev–Trinajstić information content (AvgIpc) is 2.88. The van der Waals surface area contributed by atoms with Crippen LogP contribution in [0.1, 0.15) is 58.6 Å². The van der Waals surface area contributed by atoms with Crippen molar-refractivity contribution in [3.63, 3.8) is 0 Å². The second-order valence-corrected chi connectivity index (χ2v) is 8.95. The van der Waals surface area contributed by atoms with E-state index in [1.807, 2.05) is 6.07 Å². The molecule has 0 fully saturated rings. The van der Waals surface area contributed by atoms with Crippen molar-refractivity contribution in [2.75, 3.05) is 29.4 Å². The van der Waals surface area contributed by atoms with E-state index in [2.05, 4.69) is 32.3 Å². The summed E-state index contributed by atoms with van der Waals surface area (Å²) >= 11 is 0. The molecule has 0 radical (unpaired) electrons. The number of nitriles is 1. The average molecular weight is 550 g/mol. The number of hydrogen-bond acceptors (Lipinski definition) is 7. The Labute approximate surface area is 226 Å². The molecule has 2 aromatic carbocycles. The third kappa shape index (κ3) is 9.28. The van der Waals surface area contributed by atoms with Gasteiger partial charge in [-0.25, -0.2) is 0 Å². The number of rotatable bonds is 11. The van der Waals surface area contributed by atoms with E-state index < -0.39 is 27.3 Å². The highest BCUT2D eigenvalue weighted by atomic mass is 19.4. The minimum Gasteiger partial charge on any atom is -0.369 e. The highest BCUT2D eigenvalue weighted by molar-refractivity contribution is 5.60. The van der Waals surface area contributed by atoms with E-state index in [9.17, 15) is 33.4 Å². The fourth-order valence-electron chi connectivity index (χ4n) is 3.84. The van der Waals surface area contributed by atoms with E-state index in [4.69, 9.17) is 5.26 Å². The van der Waals surface area contributed by atoms with E-state index >= 15 is 0 Å². The molecular weight excluding hydrogens is 515 g/mol. The number of nitrogens with zero attached hydrogens (tertiary/aromatic N) is 5. The summed E-state index contributed by atoms with van der Waals surface area (Å²) in [5.41, 5.74) is -0.239. The summed E-state index contributed by atoms with van der Waals surface area (Å²) in [7, 11) is 0. The van der Waals surface area contributed by atoms with Crippen LogP contribution in [0.3, 0.4) is 0 Å². The highest BCUT2D eigenvalue weighted by Crippen LogP contribution is 2.38. The first-order valence-corrected chi connectivity index (χ1v) is 12.4. The fourth-order valence-corrected chi connectivity index (χ4v) is 3.84. The van der Waals surface area contributed by atoms with Gasteiger partial charge in [-0.15, -0.1) is 0 Å². The van der Waals surface area contributed by atoms with Gasteiger partial charge in [0.25, 0.3) is 11.4 Å². The Hall–Kier alpha value is -4.14.